The molecule has 0 aliphatic heterocycles. The van der Waals surface area contributed by atoms with Gasteiger partial charge in [0.25, 0.3) is 0 Å². The van der Waals surface area contributed by atoms with Gasteiger partial charge in [0.15, 0.2) is 0 Å². The van der Waals surface area contributed by atoms with Gasteiger partial charge in [0.05, 0.1) is 7.11 Å². The first-order valence-electron chi connectivity index (χ1n) is 4.26. The van der Waals surface area contributed by atoms with Crippen molar-refractivity contribution in [2.45, 2.75) is 13.0 Å². The first-order valence-corrected chi connectivity index (χ1v) is 4.26. The van der Waals surface area contributed by atoms with E-state index in [9.17, 15) is 13.6 Å². The van der Waals surface area contributed by atoms with Crippen LogP contribution in [0.3, 0.4) is 0 Å². The third-order valence-corrected chi connectivity index (χ3v) is 2.07. The Bertz CT molecular complexity index is 393. The van der Waals surface area contributed by atoms with E-state index < -0.39 is 23.6 Å². The third kappa shape index (κ3) is 2.30. The van der Waals surface area contributed by atoms with Crippen LogP contribution in [0.5, 0.6) is 0 Å². The molecule has 0 aliphatic carbocycles. The maximum Gasteiger partial charge on any atom is 0.327 e. The summed E-state index contributed by atoms with van der Waals surface area (Å²) in [6.07, 6.45) is 0. The molecule has 0 spiro atoms. The SMILES string of the molecule is COC(=O)C(N)c1cc(F)c(C)cc1F. The Labute approximate surface area is 85.8 Å². The third-order valence-electron chi connectivity index (χ3n) is 2.07. The van der Waals surface area contributed by atoms with Crippen molar-refractivity contribution in [2.24, 2.45) is 5.73 Å². The Morgan fingerprint density at radius 1 is 1.40 bits per heavy atom. The molecule has 3 nitrogen and oxygen atoms in total. The zero-order chi connectivity index (χ0) is 11.6. The molecule has 1 aromatic rings. The highest BCUT2D eigenvalue weighted by Crippen LogP contribution is 2.20. The number of esters is 1. The molecule has 0 amide bonds. The molecule has 15 heavy (non-hydrogen) atoms. The van der Waals surface area contributed by atoms with E-state index in [1.807, 2.05) is 0 Å². The summed E-state index contributed by atoms with van der Waals surface area (Å²) in [6, 6.07) is 0.602. The standard InChI is InChI=1S/C10H11F2NO2/c1-5-3-8(12)6(4-7(5)11)9(13)10(14)15-2/h3-4,9H,13H2,1-2H3. The van der Waals surface area contributed by atoms with Crippen LogP contribution in [0, 0.1) is 18.6 Å². The predicted octanol–water partition coefficient (Wildman–Crippen LogP) is 1.45. The normalized spacial score (nSPS) is 12.3. The molecule has 0 bridgehead atoms. The lowest BCUT2D eigenvalue weighted by molar-refractivity contribution is -0.142. The Kier molecular flexibility index (Phi) is 3.36. The fraction of sp³-hybridized carbons (Fsp3) is 0.300. The molecule has 1 atom stereocenters. The van der Waals surface area contributed by atoms with E-state index in [1.165, 1.54) is 6.92 Å². The van der Waals surface area contributed by atoms with Crippen molar-refractivity contribution < 1.29 is 18.3 Å². The first-order chi connectivity index (χ1) is 6.97. The number of ether oxygens (including phenoxy) is 1. The quantitative estimate of drug-likeness (QED) is 0.759. The average molecular weight is 215 g/mol. The van der Waals surface area contributed by atoms with Crippen LogP contribution in [0.4, 0.5) is 8.78 Å². The van der Waals surface area contributed by atoms with Crippen LogP contribution in [0.25, 0.3) is 0 Å². The van der Waals surface area contributed by atoms with Gasteiger partial charge in [0.2, 0.25) is 0 Å². The highest BCUT2D eigenvalue weighted by atomic mass is 19.1. The molecule has 0 saturated heterocycles. The molecule has 0 fully saturated rings. The molecule has 2 N–H and O–H groups in total. The molecule has 0 saturated carbocycles. The average Bonchev–Trinajstić information content (AvgIpc) is 2.21. The Balaban J connectivity index is 3.14. The van der Waals surface area contributed by atoms with Gasteiger partial charge in [-0.2, -0.15) is 0 Å². The number of benzene rings is 1. The number of nitrogens with two attached hydrogens (primary N) is 1. The van der Waals surface area contributed by atoms with E-state index in [1.54, 1.807) is 0 Å². The van der Waals surface area contributed by atoms with Crippen LogP contribution in [0.15, 0.2) is 12.1 Å². The topological polar surface area (TPSA) is 52.3 Å². The second-order valence-corrected chi connectivity index (χ2v) is 3.12. The van der Waals surface area contributed by atoms with Crippen LogP contribution >= 0.6 is 0 Å². The molecular formula is C10H11F2NO2. The fourth-order valence-corrected chi connectivity index (χ4v) is 1.15. The van der Waals surface area contributed by atoms with E-state index in [0.717, 1.165) is 19.2 Å². The van der Waals surface area contributed by atoms with Gasteiger partial charge in [-0.1, -0.05) is 0 Å². The van der Waals surface area contributed by atoms with Crippen molar-refractivity contribution in [3.05, 3.63) is 34.9 Å². The van der Waals surface area contributed by atoms with Crippen LogP contribution < -0.4 is 5.73 Å². The van der Waals surface area contributed by atoms with Gasteiger partial charge < -0.3 is 10.5 Å². The van der Waals surface area contributed by atoms with Gasteiger partial charge in [-0.05, 0) is 24.6 Å². The minimum Gasteiger partial charge on any atom is -0.468 e. The Hall–Kier alpha value is -1.49. The molecule has 1 rings (SSSR count). The van der Waals surface area contributed by atoms with Crippen molar-refractivity contribution in [1.29, 1.82) is 0 Å². The van der Waals surface area contributed by atoms with Gasteiger partial charge in [-0.15, -0.1) is 0 Å². The van der Waals surface area contributed by atoms with Gasteiger partial charge in [-0.3, -0.25) is 4.79 Å². The minimum absolute atomic E-state index is 0.160. The number of hydrogen-bond acceptors (Lipinski definition) is 3. The summed E-state index contributed by atoms with van der Waals surface area (Å²) in [5.74, 6) is -2.13. The summed E-state index contributed by atoms with van der Waals surface area (Å²) >= 11 is 0. The predicted molar refractivity (Wildman–Crippen MR) is 50.0 cm³/mol. The Morgan fingerprint density at radius 2 is 2.00 bits per heavy atom. The number of methoxy groups -OCH3 is 1. The molecule has 0 aliphatic rings. The van der Waals surface area contributed by atoms with Crippen molar-refractivity contribution in [1.82, 2.24) is 0 Å². The lowest BCUT2D eigenvalue weighted by atomic mass is 10.0. The van der Waals surface area contributed by atoms with Crippen LogP contribution in [-0.2, 0) is 9.53 Å². The van der Waals surface area contributed by atoms with Gasteiger partial charge in [0, 0.05) is 5.56 Å². The van der Waals surface area contributed by atoms with Crippen molar-refractivity contribution in [3.63, 3.8) is 0 Å². The van der Waals surface area contributed by atoms with Crippen LogP contribution in [-0.4, -0.2) is 13.1 Å². The second-order valence-electron chi connectivity index (χ2n) is 3.12. The molecule has 82 valence electrons. The number of halogens is 2. The highest BCUT2D eigenvalue weighted by Gasteiger charge is 2.21. The minimum atomic E-state index is -1.30. The molecular weight excluding hydrogens is 204 g/mol. The number of aryl methyl sites for hydroxylation is 1. The molecule has 1 unspecified atom stereocenters. The van der Waals surface area contributed by atoms with Crippen molar-refractivity contribution >= 4 is 5.97 Å². The monoisotopic (exact) mass is 215 g/mol. The maximum atomic E-state index is 13.3. The summed E-state index contributed by atoms with van der Waals surface area (Å²) < 4.78 is 30.8. The zero-order valence-electron chi connectivity index (χ0n) is 8.38. The lowest BCUT2D eigenvalue weighted by Crippen LogP contribution is -2.24. The summed E-state index contributed by atoms with van der Waals surface area (Å²) in [4.78, 5) is 11.0. The van der Waals surface area contributed by atoms with Crippen LogP contribution in [0.1, 0.15) is 17.2 Å². The Morgan fingerprint density at radius 3 is 2.53 bits per heavy atom. The van der Waals surface area contributed by atoms with E-state index in [-0.39, 0.29) is 11.1 Å². The first kappa shape index (κ1) is 11.6. The van der Waals surface area contributed by atoms with E-state index in [4.69, 9.17) is 5.73 Å². The molecule has 0 radical (unpaired) electrons. The highest BCUT2D eigenvalue weighted by molar-refractivity contribution is 5.77. The summed E-state index contributed by atoms with van der Waals surface area (Å²) in [6.45, 7) is 1.42. The smallest absolute Gasteiger partial charge is 0.327 e. The lowest BCUT2D eigenvalue weighted by Gasteiger charge is -2.11. The van der Waals surface area contributed by atoms with Gasteiger partial charge in [-0.25, -0.2) is 8.78 Å². The van der Waals surface area contributed by atoms with Crippen molar-refractivity contribution in [2.75, 3.05) is 7.11 Å². The zero-order valence-corrected chi connectivity index (χ0v) is 8.38. The molecule has 1 aromatic carbocycles. The second kappa shape index (κ2) is 4.35. The molecule has 5 heteroatoms. The summed E-state index contributed by atoms with van der Waals surface area (Å²) in [5, 5.41) is 0. The van der Waals surface area contributed by atoms with Crippen molar-refractivity contribution in [3.8, 4) is 0 Å². The van der Waals surface area contributed by atoms with E-state index in [2.05, 4.69) is 4.74 Å². The number of rotatable bonds is 2. The summed E-state index contributed by atoms with van der Waals surface area (Å²) in [7, 11) is 1.13. The molecule has 0 heterocycles. The van der Waals surface area contributed by atoms with E-state index in [0.29, 0.717) is 0 Å². The summed E-state index contributed by atoms with van der Waals surface area (Å²) in [5.41, 5.74) is 5.34. The van der Waals surface area contributed by atoms with Gasteiger partial charge in [0.1, 0.15) is 17.7 Å². The molecule has 0 aromatic heterocycles. The fourth-order valence-electron chi connectivity index (χ4n) is 1.15. The number of hydrogen-bond donors (Lipinski definition) is 1. The number of carbonyl (C=O) groups is 1. The number of carbonyl (C=O) groups excluding carboxylic acids is 1. The largest absolute Gasteiger partial charge is 0.468 e. The maximum absolute atomic E-state index is 13.3. The van der Waals surface area contributed by atoms with Crippen LogP contribution in [0.2, 0.25) is 0 Å². The van der Waals surface area contributed by atoms with Gasteiger partial charge >= 0.3 is 5.97 Å². The van der Waals surface area contributed by atoms with E-state index >= 15 is 0 Å².